The fourth-order valence-corrected chi connectivity index (χ4v) is 4.27. The minimum Gasteiger partial charge on any atom is -0.355 e. The number of rotatable bonds is 3. The molecule has 1 aliphatic rings. The van der Waals surface area contributed by atoms with Crippen molar-refractivity contribution >= 4 is 41.0 Å². The fourth-order valence-electron chi connectivity index (χ4n) is 1.71. The molecule has 2 amide bonds. The van der Waals surface area contributed by atoms with Crippen LogP contribution in [0.5, 0.6) is 0 Å². The van der Waals surface area contributed by atoms with Crippen LogP contribution in [-0.2, 0) is 4.79 Å². The van der Waals surface area contributed by atoms with E-state index >= 15 is 0 Å². The first-order valence-electron chi connectivity index (χ1n) is 6.03. The molecule has 2 N–H and O–H groups in total. The molecule has 1 aromatic carbocycles. The van der Waals surface area contributed by atoms with Crippen LogP contribution in [0.25, 0.3) is 0 Å². The minimum absolute atomic E-state index is 0.0253. The van der Waals surface area contributed by atoms with Gasteiger partial charge in [-0.15, -0.1) is 11.8 Å². The number of amides is 2. The summed E-state index contributed by atoms with van der Waals surface area (Å²) < 4.78 is 0. The van der Waals surface area contributed by atoms with Crippen LogP contribution in [0.4, 0.5) is 5.69 Å². The van der Waals surface area contributed by atoms with Crippen LogP contribution in [0, 0.1) is 0 Å². The van der Waals surface area contributed by atoms with Crippen LogP contribution >= 0.6 is 23.5 Å². The Morgan fingerprint density at radius 3 is 2.53 bits per heavy atom. The maximum atomic E-state index is 12.0. The maximum absolute atomic E-state index is 12.0. The molecule has 0 bridgehead atoms. The van der Waals surface area contributed by atoms with E-state index in [0.717, 1.165) is 22.9 Å². The van der Waals surface area contributed by atoms with E-state index in [2.05, 4.69) is 10.6 Å². The summed E-state index contributed by atoms with van der Waals surface area (Å²) in [5.41, 5.74) is 1.32. The van der Waals surface area contributed by atoms with Crippen molar-refractivity contribution in [1.29, 1.82) is 0 Å². The highest BCUT2D eigenvalue weighted by atomic mass is 32.2. The molecule has 19 heavy (non-hydrogen) atoms. The Hall–Kier alpha value is -1.14. The number of hydrogen-bond acceptors (Lipinski definition) is 4. The first-order valence-corrected chi connectivity index (χ1v) is 8.23. The van der Waals surface area contributed by atoms with Crippen molar-refractivity contribution in [1.82, 2.24) is 5.32 Å². The Bertz CT molecular complexity index is 456. The molecule has 0 radical (unpaired) electrons. The Labute approximate surface area is 121 Å². The number of nitrogens with one attached hydrogen (secondary N) is 2. The normalized spacial score (nSPS) is 18.7. The number of anilines is 1. The molecular formula is C13H16N2O2S2. The van der Waals surface area contributed by atoms with Crippen LogP contribution in [0.3, 0.4) is 0 Å². The van der Waals surface area contributed by atoms with Gasteiger partial charge in [-0.2, -0.15) is 11.8 Å². The van der Waals surface area contributed by atoms with Gasteiger partial charge in [-0.25, -0.2) is 0 Å². The van der Waals surface area contributed by atoms with Crippen molar-refractivity contribution in [2.24, 2.45) is 0 Å². The highest BCUT2D eigenvalue weighted by Gasteiger charge is 2.22. The van der Waals surface area contributed by atoms with Crippen LogP contribution in [0.15, 0.2) is 24.3 Å². The second-order valence-corrected chi connectivity index (χ2v) is 6.54. The van der Waals surface area contributed by atoms with E-state index in [4.69, 9.17) is 0 Å². The molecule has 1 atom stereocenters. The number of benzene rings is 1. The van der Waals surface area contributed by atoms with Crippen molar-refractivity contribution in [3.8, 4) is 0 Å². The number of thioether (sulfide) groups is 2. The first-order chi connectivity index (χ1) is 9.20. The van der Waals surface area contributed by atoms with Crippen molar-refractivity contribution in [2.45, 2.75) is 5.25 Å². The third-order valence-corrected chi connectivity index (χ3v) is 5.50. The topological polar surface area (TPSA) is 58.2 Å². The Morgan fingerprint density at radius 2 is 1.95 bits per heavy atom. The summed E-state index contributed by atoms with van der Waals surface area (Å²) in [5.74, 6) is 2.93. The van der Waals surface area contributed by atoms with Gasteiger partial charge in [0.1, 0.15) is 0 Å². The molecule has 0 saturated carbocycles. The summed E-state index contributed by atoms with van der Waals surface area (Å²) in [7, 11) is 1.59. The van der Waals surface area contributed by atoms with Crippen molar-refractivity contribution < 1.29 is 9.59 Å². The summed E-state index contributed by atoms with van der Waals surface area (Å²) in [6, 6.07) is 6.92. The Balaban J connectivity index is 1.95. The molecular weight excluding hydrogens is 280 g/mol. The first kappa shape index (κ1) is 14.3. The van der Waals surface area contributed by atoms with E-state index in [0.29, 0.717) is 5.56 Å². The zero-order chi connectivity index (χ0) is 13.7. The fraction of sp³-hybridized carbons (Fsp3) is 0.385. The van der Waals surface area contributed by atoms with E-state index in [1.165, 1.54) is 0 Å². The average molecular weight is 296 g/mol. The van der Waals surface area contributed by atoms with Crippen LogP contribution < -0.4 is 10.6 Å². The number of carbonyl (C=O) groups excluding carboxylic acids is 2. The van der Waals surface area contributed by atoms with Gasteiger partial charge in [0.25, 0.3) is 5.91 Å². The lowest BCUT2D eigenvalue weighted by atomic mass is 10.2. The van der Waals surface area contributed by atoms with E-state index in [1.807, 2.05) is 11.8 Å². The molecule has 1 aromatic rings. The zero-order valence-corrected chi connectivity index (χ0v) is 12.3. The molecule has 102 valence electrons. The standard InChI is InChI=1S/C13H16N2O2S2/c1-14-12(16)9-2-4-10(5-3-9)15-13(17)11-8-18-6-7-19-11/h2-5,11H,6-8H2,1H3,(H,14,16)(H,15,17). The Morgan fingerprint density at radius 1 is 1.21 bits per heavy atom. The molecule has 2 rings (SSSR count). The third kappa shape index (κ3) is 3.91. The molecule has 0 aliphatic carbocycles. The lowest BCUT2D eigenvalue weighted by Crippen LogP contribution is -2.30. The molecule has 1 saturated heterocycles. The summed E-state index contributed by atoms with van der Waals surface area (Å²) in [6.07, 6.45) is 0. The van der Waals surface area contributed by atoms with Gasteiger partial charge in [-0.1, -0.05) is 0 Å². The van der Waals surface area contributed by atoms with Gasteiger partial charge < -0.3 is 10.6 Å². The predicted molar refractivity (Wildman–Crippen MR) is 82.0 cm³/mol. The second kappa shape index (κ2) is 6.86. The van der Waals surface area contributed by atoms with E-state index < -0.39 is 0 Å². The minimum atomic E-state index is -0.128. The monoisotopic (exact) mass is 296 g/mol. The second-order valence-electron chi connectivity index (χ2n) is 4.08. The van der Waals surface area contributed by atoms with Crippen LogP contribution in [0.2, 0.25) is 0 Å². The van der Waals surface area contributed by atoms with Gasteiger partial charge >= 0.3 is 0 Å². The lowest BCUT2D eigenvalue weighted by molar-refractivity contribution is -0.115. The lowest BCUT2D eigenvalue weighted by Gasteiger charge is -2.20. The van der Waals surface area contributed by atoms with Crippen LogP contribution in [0.1, 0.15) is 10.4 Å². The van der Waals surface area contributed by atoms with Gasteiger partial charge in [-0.3, -0.25) is 9.59 Å². The van der Waals surface area contributed by atoms with Gasteiger partial charge in [0.05, 0.1) is 5.25 Å². The highest BCUT2D eigenvalue weighted by Crippen LogP contribution is 2.25. The van der Waals surface area contributed by atoms with E-state index in [1.54, 1.807) is 43.1 Å². The quantitative estimate of drug-likeness (QED) is 0.893. The molecule has 1 fully saturated rings. The summed E-state index contributed by atoms with van der Waals surface area (Å²) >= 11 is 3.52. The smallest absolute Gasteiger partial charge is 0.251 e. The van der Waals surface area contributed by atoms with Crippen molar-refractivity contribution in [3.63, 3.8) is 0 Å². The van der Waals surface area contributed by atoms with Gasteiger partial charge in [0.15, 0.2) is 0 Å². The molecule has 4 nitrogen and oxygen atoms in total. The summed E-state index contributed by atoms with van der Waals surface area (Å²) in [6.45, 7) is 0. The van der Waals surface area contributed by atoms with Crippen molar-refractivity contribution in [3.05, 3.63) is 29.8 Å². The maximum Gasteiger partial charge on any atom is 0.251 e. The SMILES string of the molecule is CNC(=O)c1ccc(NC(=O)C2CSCCS2)cc1. The van der Waals surface area contributed by atoms with Crippen LogP contribution in [-0.4, -0.2) is 41.4 Å². The molecule has 1 aliphatic heterocycles. The molecule has 0 aromatic heterocycles. The van der Waals surface area contributed by atoms with E-state index in [-0.39, 0.29) is 17.1 Å². The van der Waals surface area contributed by atoms with Gasteiger partial charge in [-0.05, 0) is 24.3 Å². The molecule has 6 heteroatoms. The average Bonchev–Trinajstić information content (AvgIpc) is 2.48. The number of hydrogen-bond donors (Lipinski definition) is 2. The molecule has 0 spiro atoms. The largest absolute Gasteiger partial charge is 0.355 e. The molecule has 1 heterocycles. The van der Waals surface area contributed by atoms with E-state index in [9.17, 15) is 9.59 Å². The van der Waals surface area contributed by atoms with Crippen molar-refractivity contribution in [2.75, 3.05) is 29.6 Å². The number of carbonyl (C=O) groups is 2. The summed E-state index contributed by atoms with van der Waals surface area (Å²) in [5, 5.41) is 5.48. The Kier molecular flexibility index (Phi) is 5.15. The highest BCUT2D eigenvalue weighted by molar-refractivity contribution is 8.07. The van der Waals surface area contributed by atoms with Gasteiger partial charge in [0.2, 0.25) is 5.91 Å². The molecule has 1 unspecified atom stereocenters. The third-order valence-electron chi connectivity index (χ3n) is 2.75. The van der Waals surface area contributed by atoms with Gasteiger partial charge in [0, 0.05) is 35.6 Å². The summed E-state index contributed by atoms with van der Waals surface area (Å²) in [4.78, 5) is 23.4. The predicted octanol–water partition coefficient (Wildman–Crippen LogP) is 1.83. The zero-order valence-electron chi connectivity index (χ0n) is 10.6.